The average molecular weight is 536 g/mol. The van der Waals surface area contributed by atoms with Gasteiger partial charge in [-0.25, -0.2) is 19.6 Å². The van der Waals surface area contributed by atoms with Crippen molar-refractivity contribution in [1.29, 1.82) is 0 Å². The highest BCUT2D eigenvalue weighted by Crippen LogP contribution is 2.33. The topological polar surface area (TPSA) is 120 Å². The molecule has 0 aliphatic rings. The molecule has 2 N–H and O–H groups in total. The van der Waals surface area contributed by atoms with Gasteiger partial charge in [-0.2, -0.15) is 0 Å². The summed E-state index contributed by atoms with van der Waals surface area (Å²) in [5.41, 5.74) is 3.33. The van der Waals surface area contributed by atoms with Crippen molar-refractivity contribution in [3.8, 4) is 17.3 Å². The number of carbonyl (C=O) groups excluding carboxylic acids is 2. The van der Waals surface area contributed by atoms with E-state index in [-0.39, 0.29) is 12.1 Å². The van der Waals surface area contributed by atoms with Crippen LogP contribution in [0.2, 0.25) is 0 Å². The summed E-state index contributed by atoms with van der Waals surface area (Å²) in [5, 5.41) is 3.86. The van der Waals surface area contributed by atoms with E-state index >= 15 is 0 Å². The molecule has 0 fully saturated rings. The molecule has 3 heterocycles. The van der Waals surface area contributed by atoms with Gasteiger partial charge in [0.2, 0.25) is 0 Å². The highest BCUT2D eigenvalue weighted by molar-refractivity contribution is 5.97. The van der Waals surface area contributed by atoms with E-state index in [9.17, 15) is 9.59 Å². The monoisotopic (exact) mass is 535 g/mol. The number of aryl methyl sites for hydroxylation is 1. The van der Waals surface area contributed by atoms with E-state index in [0.717, 1.165) is 35.1 Å². The molecule has 4 aromatic rings. The third-order valence-electron chi connectivity index (χ3n) is 6.10. The SMILES string of the molecule is CCC[C@@H](NC(=O)OC(C)(C)C)c1ccc2cc(-c3nc4cc(C(=O)OC(C)C)cc(OC)c4n3C)[nH]c2n1. The third kappa shape index (κ3) is 6.16. The molecule has 1 amide bonds. The Hall–Kier alpha value is -4.08. The number of amides is 1. The van der Waals surface area contributed by atoms with E-state index in [4.69, 9.17) is 24.2 Å². The second kappa shape index (κ2) is 11.0. The standard InChI is InChI=1S/C29H37N5O5/c1-9-10-19(33-28(36)39-29(4,5)6)20-12-11-17-13-22(31-25(17)30-20)26-32-21-14-18(27(35)38-16(2)3)15-23(37-8)24(21)34(26)7/h11-16,19H,9-10H2,1-8H3,(H,30,31)(H,33,36)/t19-/m1/s1. The number of imidazole rings is 1. The van der Waals surface area contributed by atoms with Crippen LogP contribution in [0.5, 0.6) is 5.75 Å². The lowest BCUT2D eigenvalue weighted by Crippen LogP contribution is -2.35. The molecule has 0 bridgehead atoms. The molecule has 0 saturated carbocycles. The molecular formula is C29H37N5O5. The first-order valence-corrected chi connectivity index (χ1v) is 13.1. The highest BCUT2D eigenvalue weighted by Gasteiger charge is 2.23. The first kappa shape index (κ1) is 27.9. The molecule has 10 heteroatoms. The van der Waals surface area contributed by atoms with Crippen LogP contribution in [0.25, 0.3) is 33.6 Å². The lowest BCUT2D eigenvalue weighted by atomic mass is 10.1. The van der Waals surface area contributed by atoms with Crippen LogP contribution < -0.4 is 10.1 Å². The molecule has 0 saturated heterocycles. The number of pyridine rings is 1. The smallest absolute Gasteiger partial charge is 0.408 e. The zero-order valence-corrected chi connectivity index (χ0v) is 23.8. The molecule has 208 valence electrons. The fourth-order valence-electron chi connectivity index (χ4n) is 4.47. The number of nitrogens with zero attached hydrogens (tertiary/aromatic N) is 3. The van der Waals surface area contributed by atoms with Crippen LogP contribution in [0, 0.1) is 0 Å². The normalized spacial score (nSPS) is 12.6. The summed E-state index contributed by atoms with van der Waals surface area (Å²) in [4.78, 5) is 38.0. The molecule has 0 aliphatic heterocycles. The van der Waals surface area contributed by atoms with Crippen molar-refractivity contribution in [3.05, 3.63) is 41.6 Å². The van der Waals surface area contributed by atoms with Gasteiger partial charge in [0.15, 0.2) is 5.82 Å². The molecule has 10 nitrogen and oxygen atoms in total. The predicted octanol–water partition coefficient (Wildman–Crippen LogP) is 6.06. The number of aromatic nitrogens is 4. The summed E-state index contributed by atoms with van der Waals surface area (Å²) >= 11 is 0. The molecule has 0 unspecified atom stereocenters. The van der Waals surface area contributed by atoms with Gasteiger partial charge in [0.1, 0.15) is 22.5 Å². The Bertz CT molecular complexity index is 1510. The van der Waals surface area contributed by atoms with Gasteiger partial charge in [-0.05, 0) is 71.4 Å². The molecule has 0 spiro atoms. The first-order valence-electron chi connectivity index (χ1n) is 13.1. The van der Waals surface area contributed by atoms with Crippen molar-refractivity contribution in [2.45, 2.75) is 72.1 Å². The Labute approximate surface area is 228 Å². The van der Waals surface area contributed by atoms with Crippen molar-refractivity contribution < 1.29 is 23.8 Å². The second-order valence-corrected chi connectivity index (χ2v) is 10.8. The summed E-state index contributed by atoms with van der Waals surface area (Å²) < 4.78 is 18.3. The summed E-state index contributed by atoms with van der Waals surface area (Å²) in [6.07, 6.45) is 0.876. The fourth-order valence-corrected chi connectivity index (χ4v) is 4.47. The Kier molecular flexibility index (Phi) is 7.85. The Morgan fingerprint density at radius 3 is 2.51 bits per heavy atom. The number of hydrogen-bond acceptors (Lipinski definition) is 7. The van der Waals surface area contributed by atoms with Crippen LogP contribution in [-0.4, -0.2) is 50.4 Å². The number of rotatable bonds is 8. The minimum absolute atomic E-state index is 0.238. The van der Waals surface area contributed by atoms with Crippen molar-refractivity contribution in [1.82, 2.24) is 24.8 Å². The van der Waals surface area contributed by atoms with Crippen LogP contribution in [0.1, 0.15) is 76.5 Å². The number of hydrogen-bond donors (Lipinski definition) is 2. The Morgan fingerprint density at radius 2 is 1.87 bits per heavy atom. The first-order chi connectivity index (χ1) is 18.4. The van der Waals surface area contributed by atoms with Crippen LogP contribution in [-0.2, 0) is 16.5 Å². The van der Waals surface area contributed by atoms with E-state index in [1.54, 1.807) is 33.1 Å². The number of ether oxygens (including phenoxy) is 3. The van der Waals surface area contributed by atoms with Gasteiger partial charge in [0, 0.05) is 12.4 Å². The zero-order valence-electron chi connectivity index (χ0n) is 23.8. The maximum absolute atomic E-state index is 12.6. The number of esters is 1. The molecule has 4 rings (SSSR count). The van der Waals surface area contributed by atoms with Gasteiger partial charge < -0.3 is 29.1 Å². The quantitative estimate of drug-likeness (QED) is 0.263. The van der Waals surface area contributed by atoms with Gasteiger partial charge in [-0.1, -0.05) is 13.3 Å². The fraction of sp³-hybridized carbons (Fsp3) is 0.448. The van der Waals surface area contributed by atoms with E-state index in [0.29, 0.717) is 28.3 Å². The molecule has 0 aliphatic carbocycles. The summed E-state index contributed by atoms with van der Waals surface area (Å²) in [6.45, 7) is 11.2. The minimum Gasteiger partial charge on any atom is -0.494 e. The number of alkyl carbamates (subject to hydrolysis) is 1. The average Bonchev–Trinajstić information content (AvgIpc) is 3.41. The molecule has 3 aromatic heterocycles. The molecule has 0 radical (unpaired) electrons. The van der Waals surface area contributed by atoms with Crippen molar-refractivity contribution in [2.75, 3.05) is 7.11 Å². The summed E-state index contributed by atoms with van der Waals surface area (Å²) in [7, 11) is 3.46. The van der Waals surface area contributed by atoms with Crippen molar-refractivity contribution in [3.63, 3.8) is 0 Å². The Morgan fingerprint density at radius 1 is 1.13 bits per heavy atom. The van der Waals surface area contributed by atoms with E-state index in [1.165, 1.54) is 0 Å². The lowest BCUT2D eigenvalue weighted by Gasteiger charge is -2.23. The molecule has 1 atom stereocenters. The van der Waals surface area contributed by atoms with E-state index < -0.39 is 17.7 Å². The molecular weight excluding hydrogens is 498 g/mol. The van der Waals surface area contributed by atoms with Crippen LogP contribution in [0.15, 0.2) is 30.3 Å². The molecule has 1 aromatic carbocycles. The van der Waals surface area contributed by atoms with Crippen LogP contribution >= 0.6 is 0 Å². The van der Waals surface area contributed by atoms with Gasteiger partial charge in [0.25, 0.3) is 0 Å². The lowest BCUT2D eigenvalue weighted by molar-refractivity contribution is 0.0376. The number of carbonyl (C=O) groups is 2. The number of aromatic amines is 1. The van der Waals surface area contributed by atoms with E-state index in [2.05, 4.69) is 17.2 Å². The van der Waals surface area contributed by atoms with Gasteiger partial charge in [-0.15, -0.1) is 0 Å². The molecule has 39 heavy (non-hydrogen) atoms. The van der Waals surface area contributed by atoms with Crippen molar-refractivity contribution in [2.24, 2.45) is 7.05 Å². The van der Waals surface area contributed by atoms with Crippen LogP contribution in [0.4, 0.5) is 4.79 Å². The number of benzene rings is 1. The maximum atomic E-state index is 12.6. The number of methoxy groups -OCH3 is 1. The van der Waals surface area contributed by atoms with E-state index in [1.807, 2.05) is 50.6 Å². The number of nitrogens with one attached hydrogen (secondary N) is 2. The third-order valence-corrected chi connectivity index (χ3v) is 6.10. The Balaban J connectivity index is 1.70. The van der Waals surface area contributed by atoms with Crippen LogP contribution in [0.3, 0.4) is 0 Å². The van der Waals surface area contributed by atoms with Gasteiger partial charge in [0.05, 0.1) is 41.7 Å². The second-order valence-electron chi connectivity index (χ2n) is 10.8. The predicted molar refractivity (Wildman–Crippen MR) is 150 cm³/mol. The summed E-state index contributed by atoms with van der Waals surface area (Å²) in [6, 6.07) is 8.96. The minimum atomic E-state index is -0.587. The number of fused-ring (bicyclic) bond motifs is 2. The van der Waals surface area contributed by atoms with Gasteiger partial charge in [-0.3, -0.25) is 0 Å². The summed E-state index contributed by atoms with van der Waals surface area (Å²) in [5.74, 6) is 0.757. The largest absolute Gasteiger partial charge is 0.494 e. The van der Waals surface area contributed by atoms with Gasteiger partial charge >= 0.3 is 12.1 Å². The zero-order chi connectivity index (χ0) is 28.5. The number of H-pyrrole nitrogens is 1. The highest BCUT2D eigenvalue weighted by atomic mass is 16.6. The van der Waals surface area contributed by atoms with Crippen molar-refractivity contribution >= 4 is 34.1 Å². The maximum Gasteiger partial charge on any atom is 0.408 e.